The monoisotopic (exact) mass is 292 g/mol. The Kier molecular flexibility index (Phi) is 4.29. The Morgan fingerprint density at radius 3 is 1.95 bits per heavy atom. The van der Waals surface area contributed by atoms with E-state index >= 15 is 0 Å². The average molecular weight is 292 g/mol. The zero-order chi connectivity index (χ0) is 13.7. The molecule has 2 aromatic rings. The summed E-state index contributed by atoms with van der Waals surface area (Å²) in [6.07, 6.45) is 0.131. The second kappa shape index (κ2) is 5.95. The minimum absolute atomic E-state index is 0.0452. The lowest BCUT2D eigenvalue weighted by atomic mass is 10.2. The van der Waals surface area contributed by atoms with Crippen molar-refractivity contribution < 1.29 is 12.6 Å². The lowest BCUT2D eigenvalue weighted by molar-refractivity contribution is 0.607. The minimum Gasteiger partial charge on any atom is -0.218 e. The van der Waals surface area contributed by atoms with Gasteiger partial charge in [-0.05, 0) is 17.7 Å². The van der Waals surface area contributed by atoms with Gasteiger partial charge in [-0.25, -0.2) is 12.6 Å². The molecule has 0 bridgehead atoms. The van der Waals surface area contributed by atoms with Gasteiger partial charge in [-0.3, -0.25) is 0 Å². The highest BCUT2D eigenvalue weighted by Gasteiger charge is 2.21. The van der Waals surface area contributed by atoms with Gasteiger partial charge in [0.05, 0.1) is 4.90 Å². The first kappa shape index (κ1) is 13.7. The molecule has 0 saturated heterocycles. The van der Waals surface area contributed by atoms with Crippen molar-refractivity contribution >= 4 is 25.3 Å². The number of hydrogen-bond acceptors (Lipinski definition) is 3. The summed E-state index contributed by atoms with van der Waals surface area (Å²) in [5.74, 6) is 0. The average Bonchev–Trinajstić information content (AvgIpc) is 2.46. The summed E-state index contributed by atoms with van der Waals surface area (Å²) in [5.41, 5.74) is 0.806. The Bertz CT molecular complexity index is 701. The van der Waals surface area contributed by atoms with E-state index in [-0.39, 0.29) is 26.8 Å². The van der Waals surface area contributed by atoms with Crippen LogP contribution in [0.4, 0.5) is 0 Å². The van der Waals surface area contributed by atoms with Crippen molar-refractivity contribution in [1.82, 2.24) is 0 Å². The molecular formula is C14H12O3S2. The Morgan fingerprint density at radius 1 is 0.895 bits per heavy atom. The maximum atomic E-state index is 12.3. The first-order valence-corrected chi connectivity index (χ1v) is 7.87. The van der Waals surface area contributed by atoms with Crippen LogP contribution >= 0.6 is 0 Å². The molecule has 0 amide bonds. The van der Waals surface area contributed by atoms with Crippen molar-refractivity contribution in [1.29, 1.82) is 0 Å². The molecule has 0 aliphatic rings. The van der Waals surface area contributed by atoms with E-state index in [9.17, 15) is 12.6 Å². The topological polar surface area (TPSA) is 51.2 Å². The van der Waals surface area contributed by atoms with Crippen LogP contribution in [0.25, 0.3) is 0 Å². The van der Waals surface area contributed by atoms with Gasteiger partial charge in [0.1, 0.15) is 15.5 Å². The van der Waals surface area contributed by atoms with Gasteiger partial charge < -0.3 is 0 Å². The first-order chi connectivity index (χ1) is 9.14. The fourth-order valence-electron chi connectivity index (χ4n) is 1.66. The molecule has 0 spiro atoms. The Hall–Kier alpha value is -1.72. The zero-order valence-corrected chi connectivity index (χ0v) is 11.7. The maximum absolute atomic E-state index is 12.3. The van der Waals surface area contributed by atoms with Crippen LogP contribution in [-0.4, -0.2) is 16.8 Å². The molecule has 0 aromatic heterocycles. The molecule has 0 heterocycles. The van der Waals surface area contributed by atoms with Gasteiger partial charge in [-0.15, -0.1) is 0 Å². The quantitative estimate of drug-likeness (QED) is 0.814. The van der Waals surface area contributed by atoms with E-state index < -0.39 is 9.84 Å². The Balaban J connectivity index is 2.36. The first-order valence-electron chi connectivity index (χ1n) is 5.64. The summed E-state index contributed by atoms with van der Waals surface area (Å²) >= 11 is 0.0452. The fourth-order valence-corrected chi connectivity index (χ4v) is 3.67. The molecule has 3 nitrogen and oxygen atoms in total. The van der Waals surface area contributed by atoms with Crippen molar-refractivity contribution in [3.63, 3.8) is 0 Å². The molecule has 0 atom stereocenters. The third-order valence-corrected chi connectivity index (χ3v) is 5.47. The molecule has 5 heteroatoms. The molecule has 0 saturated carbocycles. The third-order valence-electron chi connectivity index (χ3n) is 2.64. The van der Waals surface area contributed by atoms with Gasteiger partial charge in [0.15, 0.2) is 0 Å². The summed E-state index contributed by atoms with van der Waals surface area (Å²) in [6.45, 7) is 0. The van der Waals surface area contributed by atoms with E-state index in [1.54, 1.807) is 30.3 Å². The van der Waals surface area contributed by atoms with Gasteiger partial charge >= 0.3 is 0 Å². The normalized spacial score (nSPS) is 10.9. The summed E-state index contributed by atoms with van der Waals surface area (Å²) in [7, 11) is -3.68. The van der Waals surface area contributed by atoms with Gasteiger partial charge in [0, 0.05) is 6.42 Å². The molecule has 0 N–H and O–H groups in total. The summed E-state index contributed by atoms with van der Waals surface area (Å²) in [6, 6.07) is 17.1. The largest absolute Gasteiger partial charge is 0.218 e. The minimum atomic E-state index is -3.68. The van der Waals surface area contributed by atoms with Gasteiger partial charge in [-0.1, -0.05) is 48.5 Å². The third kappa shape index (κ3) is 3.19. The van der Waals surface area contributed by atoms with Crippen LogP contribution in [0, 0.1) is 0 Å². The number of benzene rings is 2. The predicted octanol–water partition coefficient (Wildman–Crippen LogP) is 2.05. The van der Waals surface area contributed by atoms with Crippen LogP contribution in [0.2, 0.25) is 0 Å². The number of sulfone groups is 1. The van der Waals surface area contributed by atoms with E-state index in [4.69, 9.17) is 0 Å². The van der Waals surface area contributed by atoms with Crippen LogP contribution in [0.15, 0.2) is 65.6 Å². The molecule has 0 unspecified atom stereocenters. The SMILES string of the molecule is O=S=C(Cc1ccccc1)S(=O)(=O)c1ccccc1. The van der Waals surface area contributed by atoms with Crippen LogP contribution in [-0.2, 0) is 27.5 Å². The molecule has 2 aromatic carbocycles. The highest BCUT2D eigenvalue weighted by Crippen LogP contribution is 2.14. The van der Waals surface area contributed by atoms with Crippen molar-refractivity contribution in [3.8, 4) is 0 Å². The van der Waals surface area contributed by atoms with Crippen molar-refractivity contribution in [3.05, 3.63) is 66.2 Å². The lowest BCUT2D eigenvalue weighted by Crippen LogP contribution is -2.17. The lowest BCUT2D eigenvalue weighted by Gasteiger charge is -2.05. The molecule has 19 heavy (non-hydrogen) atoms. The molecule has 0 fully saturated rings. The van der Waals surface area contributed by atoms with Crippen LogP contribution < -0.4 is 0 Å². The van der Waals surface area contributed by atoms with E-state index in [1.165, 1.54) is 12.1 Å². The van der Waals surface area contributed by atoms with Gasteiger partial charge in [0.25, 0.3) is 0 Å². The zero-order valence-electron chi connectivity index (χ0n) is 10.0. The smallest absolute Gasteiger partial charge is 0.215 e. The van der Waals surface area contributed by atoms with Crippen LogP contribution in [0.5, 0.6) is 0 Å². The second-order valence-electron chi connectivity index (χ2n) is 3.93. The standard InChI is InChI=1S/C14H12O3S2/c15-18-14(11-12-7-3-1-4-8-12)19(16,17)13-9-5-2-6-10-13/h1-10H,11H2. The summed E-state index contributed by atoms with van der Waals surface area (Å²) < 4.78 is 35.7. The van der Waals surface area contributed by atoms with E-state index in [2.05, 4.69) is 0 Å². The van der Waals surface area contributed by atoms with E-state index in [1.807, 2.05) is 18.2 Å². The predicted molar refractivity (Wildman–Crippen MR) is 76.9 cm³/mol. The van der Waals surface area contributed by atoms with Crippen molar-refractivity contribution in [2.75, 3.05) is 0 Å². The van der Waals surface area contributed by atoms with Crippen LogP contribution in [0.3, 0.4) is 0 Å². The molecule has 0 aliphatic heterocycles. The van der Waals surface area contributed by atoms with Gasteiger partial charge in [-0.2, -0.15) is 0 Å². The molecule has 2 rings (SSSR count). The van der Waals surface area contributed by atoms with E-state index in [0.29, 0.717) is 0 Å². The molecular weight excluding hydrogens is 280 g/mol. The van der Waals surface area contributed by atoms with Crippen molar-refractivity contribution in [2.45, 2.75) is 11.3 Å². The second-order valence-corrected chi connectivity index (χ2v) is 6.82. The Labute approximate surface area is 115 Å². The fraction of sp³-hybridized carbons (Fsp3) is 0.0714. The molecule has 98 valence electrons. The van der Waals surface area contributed by atoms with E-state index in [0.717, 1.165) is 5.56 Å². The van der Waals surface area contributed by atoms with Gasteiger partial charge in [0.2, 0.25) is 9.84 Å². The van der Waals surface area contributed by atoms with Crippen molar-refractivity contribution in [2.24, 2.45) is 0 Å². The Morgan fingerprint density at radius 2 is 1.42 bits per heavy atom. The van der Waals surface area contributed by atoms with Crippen LogP contribution in [0.1, 0.15) is 5.56 Å². The summed E-state index contributed by atoms with van der Waals surface area (Å²) in [5, 5.41) is 0. The number of rotatable bonds is 3. The summed E-state index contributed by atoms with van der Waals surface area (Å²) in [4.78, 5) is 0.157. The maximum Gasteiger partial charge on any atom is 0.215 e. The highest BCUT2D eigenvalue weighted by atomic mass is 32.2. The highest BCUT2D eigenvalue weighted by molar-refractivity contribution is 8.14. The number of hydrogen-bond donors (Lipinski definition) is 0. The molecule has 0 aliphatic carbocycles. The molecule has 0 radical (unpaired) electrons.